The Balaban J connectivity index is 4.23. The fourth-order valence-electron chi connectivity index (χ4n) is 1.63. The maximum atomic E-state index is 9.41. The van der Waals surface area contributed by atoms with Gasteiger partial charge < -0.3 is 20.4 Å². The van der Waals surface area contributed by atoms with E-state index in [4.69, 9.17) is 0 Å². The Labute approximate surface area is 109 Å². The molecule has 4 N–H and O–H groups in total. The largest absolute Gasteiger partial charge is 0.379 e. The van der Waals surface area contributed by atoms with Crippen LogP contribution in [0.3, 0.4) is 0 Å². The molecule has 6 heteroatoms. The van der Waals surface area contributed by atoms with Gasteiger partial charge in [-0.05, 0) is 27.7 Å². The van der Waals surface area contributed by atoms with Crippen LogP contribution < -0.4 is 0 Å². The number of hydrogen-bond donors (Lipinski definition) is 4. The van der Waals surface area contributed by atoms with E-state index >= 15 is 0 Å². The molecule has 6 nitrogen and oxygen atoms in total. The summed E-state index contributed by atoms with van der Waals surface area (Å²) in [5.74, 6) is 0. The van der Waals surface area contributed by atoms with Crippen molar-refractivity contribution < 1.29 is 20.4 Å². The van der Waals surface area contributed by atoms with Crippen molar-refractivity contribution in [3.8, 4) is 0 Å². The van der Waals surface area contributed by atoms with Gasteiger partial charge in [0.2, 0.25) is 0 Å². The van der Waals surface area contributed by atoms with Crippen LogP contribution in [0.2, 0.25) is 0 Å². The number of nitrogens with zero attached hydrogens (tertiary/aromatic N) is 2. The zero-order valence-corrected chi connectivity index (χ0v) is 11.6. The molecule has 0 amide bonds. The average molecular weight is 262 g/mol. The van der Waals surface area contributed by atoms with E-state index in [1.165, 1.54) is 9.80 Å². The summed E-state index contributed by atoms with van der Waals surface area (Å²) in [4.78, 5) is 2.98. The van der Waals surface area contributed by atoms with Gasteiger partial charge in [-0.3, -0.25) is 0 Å². The second-order valence-electron chi connectivity index (χ2n) is 4.39. The molecule has 0 radical (unpaired) electrons. The summed E-state index contributed by atoms with van der Waals surface area (Å²) in [5, 5.41) is 37.6. The molecule has 0 bridgehead atoms. The molecule has 0 aliphatic heterocycles. The van der Waals surface area contributed by atoms with Crippen molar-refractivity contribution >= 4 is 0 Å². The topological polar surface area (TPSA) is 87.4 Å². The van der Waals surface area contributed by atoms with Gasteiger partial charge in [0, 0.05) is 13.1 Å². The molecule has 0 saturated heterocycles. The Morgan fingerprint density at radius 2 is 0.889 bits per heavy atom. The summed E-state index contributed by atoms with van der Waals surface area (Å²) >= 11 is 0. The molecule has 0 aromatic heterocycles. The minimum Gasteiger partial charge on any atom is -0.379 e. The van der Waals surface area contributed by atoms with E-state index in [0.29, 0.717) is 13.1 Å². The van der Waals surface area contributed by atoms with Crippen molar-refractivity contribution in [1.82, 2.24) is 9.80 Å². The molecule has 0 fully saturated rings. The van der Waals surface area contributed by atoms with E-state index < -0.39 is 24.9 Å². The summed E-state index contributed by atoms with van der Waals surface area (Å²) in [6, 6.07) is 0. The maximum Gasteiger partial charge on any atom is 0.106 e. The van der Waals surface area contributed by atoms with E-state index in [1.54, 1.807) is 39.8 Å². The third kappa shape index (κ3) is 6.44. The standard InChI is InChI=1S/C12H26N2O4/c1-9(15)13(10(2)16)7-5-6-8-14(11(3)17)12(4)18/h5-6,9-12,15-18H,7-8H2,1-4H3. The van der Waals surface area contributed by atoms with Gasteiger partial charge in [0.15, 0.2) is 0 Å². The maximum absolute atomic E-state index is 9.41. The predicted molar refractivity (Wildman–Crippen MR) is 69.3 cm³/mol. The lowest BCUT2D eigenvalue weighted by Crippen LogP contribution is -2.41. The summed E-state index contributed by atoms with van der Waals surface area (Å²) < 4.78 is 0. The molecule has 0 spiro atoms. The summed E-state index contributed by atoms with van der Waals surface area (Å²) in [6.07, 6.45) is 0.603. The highest BCUT2D eigenvalue weighted by molar-refractivity contribution is 4.88. The van der Waals surface area contributed by atoms with Crippen LogP contribution in [0.1, 0.15) is 27.7 Å². The van der Waals surface area contributed by atoms with Crippen molar-refractivity contribution in [2.45, 2.75) is 52.6 Å². The molecule has 108 valence electrons. The number of hydrogen-bond acceptors (Lipinski definition) is 6. The van der Waals surface area contributed by atoms with Gasteiger partial charge in [-0.2, -0.15) is 0 Å². The first-order chi connectivity index (χ1) is 8.27. The lowest BCUT2D eigenvalue weighted by molar-refractivity contribution is -0.0794. The van der Waals surface area contributed by atoms with Crippen LogP contribution >= 0.6 is 0 Å². The normalized spacial score (nSPS) is 19.4. The molecular formula is C12H26N2O4. The van der Waals surface area contributed by atoms with Crippen LogP contribution in [0, 0.1) is 0 Å². The minimum atomic E-state index is -0.737. The predicted octanol–water partition coefficient (Wildman–Crippen LogP) is -0.500. The zero-order valence-electron chi connectivity index (χ0n) is 11.6. The molecule has 0 saturated carbocycles. The fraction of sp³-hybridized carbons (Fsp3) is 0.833. The third-order valence-electron chi connectivity index (χ3n) is 2.72. The van der Waals surface area contributed by atoms with Crippen molar-refractivity contribution in [3.63, 3.8) is 0 Å². The van der Waals surface area contributed by atoms with Gasteiger partial charge >= 0.3 is 0 Å². The van der Waals surface area contributed by atoms with Gasteiger partial charge in [0.1, 0.15) is 24.9 Å². The molecule has 0 aromatic carbocycles. The zero-order chi connectivity index (χ0) is 14.3. The lowest BCUT2D eigenvalue weighted by Gasteiger charge is -2.28. The van der Waals surface area contributed by atoms with Crippen molar-refractivity contribution in [3.05, 3.63) is 12.2 Å². The molecule has 0 aliphatic rings. The highest BCUT2D eigenvalue weighted by Gasteiger charge is 2.15. The highest BCUT2D eigenvalue weighted by atomic mass is 16.3. The van der Waals surface area contributed by atoms with Crippen LogP contribution in [-0.2, 0) is 0 Å². The number of aliphatic hydroxyl groups excluding tert-OH is 4. The second kappa shape index (κ2) is 8.58. The monoisotopic (exact) mass is 262 g/mol. The Morgan fingerprint density at radius 3 is 1.06 bits per heavy atom. The first-order valence-electron chi connectivity index (χ1n) is 6.16. The van der Waals surface area contributed by atoms with Gasteiger partial charge in [-0.1, -0.05) is 12.2 Å². The Hall–Kier alpha value is -0.500. The van der Waals surface area contributed by atoms with Crippen molar-refractivity contribution in [1.29, 1.82) is 0 Å². The first kappa shape index (κ1) is 17.5. The SMILES string of the molecule is CC(O)N(CC=CCN(C(C)O)C(C)O)C(C)O. The number of rotatable bonds is 8. The molecule has 0 rings (SSSR count). The average Bonchev–Trinajstić information content (AvgIpc) is 2.20. The van der Waals surface area contributed by atoms with E-state index in [-0.39, 0.29) is 0 Å². The molecule has 4 atom stereocenters. The van der Waals surface area contributed by atoms with Crippen LogP contribution in [0.5, 0.6) is 0 Å². The Morgan fingerprint density at radius 1 is 0.667 bits per heavy atom. The van der Waals surface area contributed by atoms with Gasteiger partial charge in [0.25, 0.3) is 0 Å². The third-order valence-corrected chi connectivity index (χ3v) is 2.72. The molecule has 0 aliphatic carbocycles. The summed E-state index contributed by atoms with van der Waals surface area (Å²) in [6.45, 7) is 7.11. The Bertz CT molecular complexity index is 202. The Kier molecular flexibility index (Phi) is 8.34. The van der Waals surface area contributed by atoms with E-state index in [2.05, 4.69) is 0 Å². The van der Waals surface area contributed by atoms with Crippen LogP contribution in [0.25, 0.3) is 0 Å². The molecule has 18 heavy (non-hydrogen) atoms. The fourth-order valence-corrected chi connectivity index (χ4v) is 1.63. The van der Waals surface area contributed by atoms with Crippen LogP contribution in [0.4, 0.5) is 0 Å². The molecular weight excluding hydrogens is 236 g/mol. The molecule has 0 aromatic rings. The second-order valence-corrected chi connectivity index (χ2v) is 4.39. The van der Waals surface area contributed by atoms with E-state index in [0.717, 1.165) is 0 Å². The van der Waals surface area contributed by atoms with Gasteiger partial charge in [-0.25, -0.2) is 9.80 Å². The van der Waals surface area contributed by atoms with Crippen LogP contribution in [-0.4, -0.2) is 68.2 Å². The van der Waals surface area contributed by atoms with Gasteiger partial charge in [-0.15, -0.1) is 0 Å². The minimum absolute atomic E-state index is 0.392. The van der Waals surface area contributed by atoms with Crippen molar-refractivity contribution in [2.24, 2.45) is 0 Å². The summed E-state index contributed by atoms with van der Waals surface area (Å²) in [7, 11) is 0. The van der Waals surface area contributed by atoms with Crippen molar-refractivity contribution in [2.75, 3.05) is 13.1 Å². The smallest absolute Gasteiger partial charge is 0.106 e. The highest BCUT2D eigenvalue weighted by Crippen LogP contribution is 2.03. The van der Waals surface area contributed by atoms with Crippen LogP contribution in [0.15, 0.2) is 12.2 Å². The quantitative estimate of drug-likeness (QED) is 0.348. The van der Waals surface area contributed by atoms with E-state index in [1.807, 2.05) is 0 Å². The lowest BCUT2D eigenvalue weighted by atomic mass is 10.3. The number of aliphatic hydroxyl groups is 4. The first-order valence-corrected chi connectivity index (χ1v) is 6.16. The molecule has 0 heterocycles. The van der Waals surface area contributed by atoms with Gasteiger partial charge in [0.05, 0.1) is 0 Å². The summed E-state index contributed by atoms with van der Waals surface area (Å²) in [5.41, 5.74) is 0. The van der Waals surface area contributed by atoms with E-state index in [9.17, 15) is 20.4 Å². The molecule has 4 unspecified atom stereocenters.